The summed E-state index contributed by atoms with van der Waals surface area (Å²) in [6.45, 7) is 2.56. The summed E-state index contributed by atoms with van der Waals surface area (Å²) in [6, 6.07) is 8.23. The molecule has 0 spiro atoms. The highest BCUT2D eigenvalue weighted by atomic mass is 19.1. The number of halogens is 1. The quantitative estimate of drug-likeness (QED) is 0.902. The van der Waals surface area contributed by atoms with Crippen LogP contribution in [0.25, 0.3) is 0 Å². The molecule has 2 aromatic rings. The largest absolute Gasteiger partial charge is 0.487 e. The molecule has 0 unspecified atom stereocenters. The van der Waals surface area contributed by atoms with Gasteiger partial charge in [0.1, 0.15) is 18.2 Å². The lowest BCUT2D eigenvalue weighted by Gasteiger charge is -2.10. The summed E-state index contributed by atoms with van der Waals surface area (Å²) in [7, 11) is 0. The van der Waals surface area contributed by atoms with Gasteiger partial charge in [0.15, 0.2) is 0 Å². The van der Waals surface area contributed by atoms with E-state index < -0.39 is 0 Å². The molecule has 0 radical (unpaired) electrons. The van der Waals surface area contributed by atoms with Crippen molar-refractivity contribution in [3.63, 3.8) is 0 Å². The second-order valence-corrected chi connectivity index (χ2v) is 4.04. The lowest BCUT2D eigenvalue weighted by Crippen LogP contribution is -2.05. The topological polar surface area (TPSA) is 48.1 Å². The Balaban J connectivity index is 2.09. The molecule has 1 aromatic heterocycles. The Kier molecular flexibility index (Phi) is 3.89. The van der Waals surface area contributed by atoms with Gasteiger partial charge in [0.05, 0.1) is 6.20 Å². The lowest BCUT2D eigenvalue weighted by molar-refractivity contribution is 0.303. The molecule has 2 rings (SSSR count). The fourth-order valence-electron chi connectivity index (χ4n) is 1.63. The van der Waals surface area contributed by atoms with Crippen LogP contribution >= 0.6 is 0 Å². The Morgan fingerprint density at radius 2 is 2.06 bits per heavy atom. The van der Waals surface area contributed by atoms with Gasteiger partial charge in [-0.15, -0.1) is 0 Å². The van der Waals surface area contributed by atoms with Crippen LogP contribution in [0, 0.1) is 12.7 Å². The number of aromatic nitrogens is 1. The highest BCUT2D eigenvalue weighted by molar-refractivity contribution is 5.28. The van der Waals surface area contributed by atoms with Crippen molar-refractivity contribution in [2.75, 3.05) is 0 Å². The number of rotatable bonds is 4. The smallest absolute Gasteiger partial charge is 0.138 e. The van der Waals surface area contributed by atoms with Crippen LogP contribution in [-0.2, 0) is 13.2 Å². The maximum absolute atomic E-state index is 13.2. The van der Waals surface area contributed by atoms with Gasteiger partial charge < -0.3 is 10.5 Å². The van der Waals surface area contributed by atoms with E-state index in [-0.39, 0.29) is 12.4 Å². The van der Waals surface area contributed by atoms with E-state index in [2.05, 4.69) is 4.98 Å². The molecule has 1 aromatic carbocycles. The molecule has 0 saturated carbocycles. The van der Waals surface area contributed by atoms with Crippen LogP contribution in [0.3, 0.4) is 0 Å². The van der Waals surface area contributed by atoms with Gasteiger partial charge in [0, 0.05) is 12.2 Å². The summed E-state index contributed by atoms with van der Waals surface area (Å²) in [5.74, 6) is 0.376. The third kappa shape index (κ3) is 3.05. The molecule has 0 saturated heterocycles. The van der Waals surface area contributed by atoms with E-state index in [0.717, 1.165) is 16.8 Å². The molecule has 0 aliphatic carbocycles. The summed E-state index contributed by atoms with van der Waals surface area (Å²) in [5, 5.41) is 0. The van der Waals surface area contributed by atoms with Gasteiger partial charge in [0.25, 0.3) is 0 Å². The van der Waals surface area contributed by atoms with Crippen LogP contribution in [-0.4, -0.2) is 4.98 Å². The van der Waals surface area contributed by atoms with Crippen molar-refractivity contribution in [2.45, 2.75) is 20.1 Å². The van der Waals surface area contributed by atoms with Crippen molar-refractivity contribution in [2.24, 2.45) is 5.73 Å². The number of ether oxygens (including phenoxy) is 1. The van der Waals surface area contributed by atoms with Crippen molar-refractivity contribution in [3.8, 4) is 5.75 Å². The van der Waals surface area contributed by atoms with Crippen molar-refractivity contribution < 1.29 is 9.13 Å². The second kappa shape index (κ2) is 5.60. The van der Waals surface area contributed by atoms with Gasteiger partial charge >= 0.3 is 0 Å². The van der Waals surface area contributed by atoms with Gasteiger partial charge in [-0.1, -0.05) is 6.07 Å². The molecule has 4 heteroatoms. The monoisotopic (exact) mass is 246 g/mol. The number of pyridine rings is 1. The molecule has 0 bridgehead atoms. The fraction of sp³-hybridized carbons (Fsp3) is 0.214. The van der Waals surface area contributed by atoms with E-state index in [1.165, 1.54) is 12.1 Å². The first-order valence-electron chi connectivity index (χ1n) is 5.72. The van der Waals surface area contributed by atoms with Gasteiger partial charge in [-0.3, -0.25) is 4.98 Å². The number of hydrogen-bond acceptors (Lipinski definition) is 3. The first-order chi connectivity index (χ1) is 8.69. The Hall–Kier alpha value is -1.94. The van der Waals surface area contributed by atoms with Crippen molar-refractivity contribution in [1.29, 1.82) is 0 Å². The normalized spacial score (nSPS) is 10.4. The standard InChI is InChI=1S/C14H15FN2O/c1-10-2-5-14(8-17-10)18-9-12-6-13(15)4-3-11(12)7-16/h2-6,8H,7,9,16H2,1H3. The van der Waals surface area contributed by atoms with E-state index in [0.29, 0.717) is 12.3 Å². The summed E-state index contributed by atoms with van der Waals surface area (Å²) in [6.07, 6.45) is 1.65. The van der Waals surface area contributed by atoms with Crippen LogP contribution in [0.4, 0.5) is 4.39 Å². The Labute approximate surface area is 105 Å². The minimum atomic E-state index is -0.284. The number of nitrogens with zero attached hydrogens (tertiary/aromatic N) is 1. The van der Waals surface area contributed by atoms with E-state index in [4.69, 9.17) is 10.5 Å². The maximum Gasteiger partial charge on any atom is 0.138 e. The van der Waals surface area contributed by atoms with Crippen LogP contribution < -0.4 is 10.5 Å². The molecule has 2 N–H and O–H groups in total. The fourth-order valence-corrected chi connectivity index (χ4v) is 1.63. The molecule has 0 aliphatic heterocycles. The minimum absolute atomic E-state index is 0.284. The highest BCUT2D eigenvalue weighted by Gasteiger charge is 2.04. The second-order valence-electron chi connectivity index (χ2n) is 4.04. The summed E-state index contributed by atoms with van der Waals surface area (Å²) in [4.78, 5) is 4.13. The molecule has 0 fully saturated rings. The predicted molar refractivity (Wildman–Crippen MR) is 67.6 cm³/mol. The third-order valence-corrected chi connectivity index (χ3v) is 2.67. The van der Waals surface area contributed by atoms with Gasteiger partial charge in [-0.05, 0) is 42.3 Å². The Bertz CT molecular complexity index is 526. The Morgan fingerprint density at radius 1 is 1.22 bits per heavy atom. The first kappa shape index (κ1) is 12.5. The number of benzene rings is 1. The molecular formula is C14H15FN2O. The maximum atomic E-state index is 13.2. The molecule has 0 atom stereocenters. The van der Waals surface area contributed by atoms with Crippen LogP contribution in [0.15, 0.2) is 36.5 Å². The molecule has 0 amide bonds. The molecule has 1 heterocycles. The van der Waals surface area contributed by atoms with Crippen molar-refractivity contribution in [3.05, 3.63) is 59.2 Å². The van der Waals surface area contributed by atoms with Gasteiger partial charge in [-0.25, -0.2) is 4.39 Å². The average Bonchev–Trinajstić information content (AvgIpc) is 2.38. The van der Waals surface area contributed by atoms with E-state index in [1.807, 2.05) is 19.1 Å². The average molecular weight is 246 g/mol. The Morgan fingerprint density at radius 3 is 2.72 bits per heavy atom. The first-order valence-corrected chi connectivity index (χ1v) is 5.72. The van der Waals surface area contributed by atoms with E-state index in [1.54, 1.807) is 12.3 Å². The van der Waals surface area contributed by atoms with Gasteiger partial charge in [0.2, 0.25) is 0 Å². The zero-order valence-electron chi connectivity index (χ0n) is 10.2. The molecule has 94 valence electrons. The van der Waals surface area contributed by atoms with Gasteiger partial charge in [-0.2, -0.15) is 0 Å². The molecular weight excluding hydrogens is 231 g/mol. The lowest BCUT2D eigenvalue weighted by atomic mass is 10.1. The van der Waals surface area contributed by atoms with Crippen LogP contribution in [0.5, 0.6) is 5.75 Å². The van der Waals surface area contributed by atoms with Crippen molar-refractivity contribution in [1.82, 2.24) is 4.98 Å². The highest BCUT2D eigenvalue weighted by Crippen LogP contribution is 2.15. The SMILES string of the molecule is Cc1ccc(OCc2cc(F)ccc2CN)cn1. The third-order valence-electron chi connectivity index (χ3n) is 2.67. The molecule has 0 aliphatic rings. The predicted octanol–water partition coefficient (Wildman–Crippen LogP) is 2.57. The zero-order chi connectivity index (χ0) is 13.0. The summed E-state index contributed by atoms with van der Waals surface area (Å²) >= 11 is 0. The molecule has 3 nitrogen and oxygen atoms in total. The van der Waals surface area contributed by atoms with Crippen LogP contribution in [0.1, 0.15) is 16.8 Å². The van der Waals surface area contributed by atoms with Crippen LogP contribution in [0.2, 0.25) is 0 Å². The summed E-state index contributed by atoms with van der Waals surface area (Å²) < 4.78 is 18.7. The van der Waals surface area contributed by atoms with E-state index in [9.17, 15) is 4.39 Å². The zero-order valence-corrected chi connectivity index (χ0v) is 10.2. The minimum Gasteiger partial charge on any atom is -0.487 e. The molecule has 18 heavy (non-hydrogen) atoms. The van der Waals surface area contributed by atoms with Crippen molar-refractivity contribution >= 4 is 0 Å². The van der Waals surface area contributed by atoms with E-state index >= 15 is 0 Å². The number of hydrogen-bond donors (Lipinski definition) is 1. The number of nitrogens with two attached hydrogens (primary N) is 1. The number of aryl methyl sites for hydroxylation is 1. The summed E-state index contributed by atoms with van der Waals surface area (Å²) in [5.41, 5.74) is 8.17.